The smallest absolute Gasteiger partial charge is 0.319 e. The first kappa shape index (κ1) is 16.5. The molecule has 128 valence electrons. The first-order valence-corrected chi connectivity index (χ1v) is 9.09. The third kappa shape index (κ3) is 3.57. The molecule has 0 spiro atoms. The average Bonchev–Trinajstić information content (AvgIpc) is 2.95. The summed E-state index contributed by atoms with van der Waals surface area (Å²) in [6.07, 6.45) is 4.15. The minimum atomic E-state index is -3.83. The third-order valence-corrected chi connectivity index (χ3v) is 5.16. The number of nitrogens with zero attached hydrogens (tertiary/aromatic N) is 1. The SMILES string of the molecule is Cc1ccc(NC(=O)N[C@H]2CCc3[nH]ncc3C2)cc1S(N)(=O)=O. The number of nitrogens with two attached hydrogens (primary N) is 1. The van der Waals surface area contributed by atoms with Crippen LogP contribution >= 0.6 is 0 Å². The second-order valence-corrected chi connectivity index (χ2v) is 7.47. The number of sulfonamides is 1. The maximum Gasteiger partial charge on any atom is 0.319 e. The van der Waals surface area contributed by atoms with Crippen LogP contribution in [-0.4, -0.2) is 30.7 Å². The number of hydrogen-bond acceptors (Lipinski definition) is 4. The van der Waals surface area contributed by atoms with Crippen LogP contribution in [0.25, 0.3) is 0 Å². The standard InChI is InChI=1S/C15H19N5O3S/c1-9-2-3-12(7-14(9)24(16,22)23)19-15(21)18-11-4-5-13-10(6-11)8-17-20-13/h2-3,7-8,11H,4-6H2,1H3,(H,17,20)(H2,16,22,23)(H2,18,19,21)/t11-/m0/s1. The van der Waals surface area contributed by atoms with Gasteiger partial charge in [0.2, 0.25) is 10.0 Å². The largest absolute Gasteiger partial charge is 0.335 e. The van der Waals surface area contributed by atoms with Crippen molar-refractivity contribution < 1.29 is 13.2 Å². The Morgan fingerprint density at radius 3 is 2.96 bits per heavy atom. The second-order valence-electron chi connectivity index (χ2n) is 5.94. The Kier molecular flexibility index (Phi) is 4.29. The molecule has 8 nitrogen and oxygen atoms in total. The summed E-state index contributed by atoms with van der Waals surface area (Å²) in [6, 6.07) is 4.24. The van der Waals surface area contributed by atoms with Crippen LogP contribution in [0, 0.1) is 6.92 Å². The van der Waals surface area contributed by atoms with Crippen LogP contribution in [0.4, 0.5) is 10.5 Å². The first-order chi connectivity index (χ1) is 11.3. The number of aryl methyl sites for hydroxylation is 2. The van der Waals surface area contributed by atoms with Gasteiger partial charge in [-0.05, 0) is 49.4 Å². The molecule has 1 heterocycles. The number of nitrogens with one attached hydrogen (secondary N) is 3. The van der Waals surface area contributed by atoms with E-state index in [0.29, 0.717) is 11.3 Å². The molecule has 1 aliphatic rings. The Hall–Kier alpha value is -2.39. The van der Waals surface area contributed by atoms with Gasteiger partial charge in [-0.25, -0.2) is 18.4 Å². The number of aromatic nitrogens is 2. The van der Waals surface area contributed by atoms with Gasteiger partial charge in [-0.3, -0.25) is 5.10 Å². The van der Waals surface area contributed by atoms with Crippen LogP contribution in [0.1, 0.15) is 23.2 Å². The number of urea groups is 1. The van der Waals surface area contributed by atoms with E-state index in [1.807, 2.05) is 0 Å². The molecule has 1 aromatic heterocycles. The van der Waals surface area contributed by atoms with E-state index in [0.717, 1.165) is 30.5 Å². The highest BCUT2D eigenvalue weighted by atomic mass is 32.2. The summed E-state index contributed by atoms with van der Waals surface area (Å²) in [7, 11) is -3.83. The highest BCUT2D eigenvalue weighted by Gasteiger charge is 2.21. The quantitative estimate of drug-likeness (QED) is 0.659. The van der Waals surface area contributed by atoms with Crippen molar-refractivity contribution in [2.24, 2.45) is 5.14 Å². The van der Waals surface area contributed by atoms with Gasteiger partial charge in [0, 0.05) is 17.4 Å². The topological polar surface area (TPSA) is 130 Å². The molecule has 0 fully saturated rings. The van der Waals surface area contributed by atoms with Crippen molar-refractivity contribution in [1.82, 2.24) is 15.5 Å². The van der Waals surface area contributed by atoms with E-state index in [1.54, 1.807) is 25.3 Å². The zero-order chi connectivity index (χ0) is 17.3. The van der Waals surface area contributed by atoms with Gasteiger partial charge < -0.3 is 10.6 Å². The van der Waals surface area contributed by atoms with Crippen molar-refractivity contribution in [3.05, 3.63) is 41.2 Å². The van der Waals surface area contributed by atoms with E-state index >= 15 is 0 Å². The van der Waals surface area contributed by atoms with Crippen LogP contribution in [0.5, 0.6) is 0 Å². The normalized spacial score (nSPS) is 17.2. The van der Waals surface area contributed by atoms with Gasteiger partial charge in [-0.15, -0.1) is 0 Å². The van der Waals surface area contributed by atoms with Crippen LogP contribution in [0.3, 0.4) is 0 Å². The maximum atomic E-state index is 12.2. The molecule has 5 N–H and O–H groups in total. The van der Waals surface area contributed by atoms with Crippen molar-refractivity contribution in [2.75, 3.05) is 5.32 Å². The van der Waals surface area contributed by atoms with Crippen molar-refractivity contribution in [2.45, 2.75) is 37.1 Å². The van der Waals surface area contributed by atoms with Crippen LogP contribution in [0.2, 0.25) is 0 Å². The van der Waals surface area contributed by atoms with Gasteiger partial charge in [-0.2, -0.15) is 5.10 Å². The lowest BCUT2D eigenvalue weighted by atomic mass is 9.94. The van der Waals surface area contributed by atoms with Crippen LogP contribution < -0.4 is 15.8 Å². The van der Waals surface area contributed by atoms with Crippen molar-refractivity contribution in [1.29, 1.82) is 0 Å². The summed E-state index contributed by atoms with van der Waals surface area (Å²) in [5, 5.41) is 17.7. The number of primary sulfonamides is 1. The molecule has 0 aliphatic heterocycles. The summed E-state index contributed by atoms with van der Waals surface area (Å²) in [4.78, 5) is 12.2. The lowest BCUT2D eigenvalue weighted by molar-refractivity contribution is 0.247. The van der Waals surface area contributed by atoms with E-state index in [9.17, 15) is 13.2 Å². The summed E-state index contributed by atoms with van der Waals surface area (Å²) < 4.78 is 23.1. The van der Waals surface area contributed by atoms with Gasteiger partial charge in [0.25, 0.3) is 0 Å². The number of H-pyrrole nitrogens is 1. The molecule has 2 aromatic rings. The van der Waals surface area contributed by atoms with E-state index in [-0.39, 0.29) is 17.0 Å². The molecule has 3 rings (SSSR count). The molecular formula is C15H19N5O3S. The number of carbonyl (C=O) groups is 1. The monoisotopic (exact) mass is 349 g/mol. The maximum absolute atomic E-state index is 12.2. The van der Waals surface area contributed by atoms with Gasteiger partial charge in [0.05, 0.1) is 11.1 Å². The second kappa shape index (κ2) is 6.25. The lowest BCUT2D eigenvalue weighted by Crippen LogP contribution is -2.41. The van der Waals surface area contributed by atoms with Gasteiger partial charge in [-0.1, -0.05) is 6.07 Å². The molecule has 1 aromatic carbocycles. The van der Waals surface area contributed by atoms with Crippen molar-refractivity contribution >= 4 is 21.7 Å². The Morgan fingerprint density at radius 2 is 2.21 bits per heavy atom. The number of anilines is 1. The zero-order valence-corrected chi connectivity index (χ0v) is 14.0. The lowest BCUT2D eigenvalue weighted by Gasteiger charge is -2.23. The van der Waals surface area contributed by atoms with Crippen molar-refractivity contribution in [3.8, 4) is 0 Å². The number of aromatic amines is 1. The molecule has 24 heavy (non-hydrogen) atoms. The Balaban J connectivity index is 1.66. The Labute approximate surface area is 139 Å². The Bertz CT molecular complexity index is 875. The number of rotatable bonds is 3. The summed E-state index contributed by atoms with van der Waals surface area (Å²) in [5.41, 5.74) is 3.13. The van der Waals surface area contributed by atoms with Crippen LogP contribution in [-0.2, 0) is 22.9 Å². The van der Waals surface area contributed by atoms with Crippen molar-refractivity contribution in [3.63, 3.8) is 0 Å². The number of benzene rings is 1. The van der Waals surface area contributed by atoms with E-state index in [2.05, 4.69) is 20.8 Å². The Morgan fingerprint density at radius 1 is 1.42 bits per heavy atom. The molecular weight excluding hydrogens is 330 g/mol. The fourth-order valence-corrected chi connectivity index (χ4v) is 3.68. The zero-order valence-electron chi connectivity index (χ0n) is 13.2. The number of amides is 2. The van der Waals surface area contributed by atoms with Gasteiger partial charge >= 0.3 is 6.03 Å². The summed E-state index contributed by atoms with van der Waals surface area (Å²) in [5.74, 6) is 0. The molecule has 0 radical (unpaired) electrons. The van der Waals surface area contributed by atoms with Gasteiger partial charge in [0.15, 0.2) is 0 Å². The molecule has 2 amide bonds. The molecule has 0 saturated heterocycles. The molecule has 0 saturated carbocycles. The van der Waals surface area contributed by atoms with E-state index in [4.69, 9.17) is 5.14 Å². The summed E-state index contributed by atoms with van der Waals surface area (Å²) >= 11 is 0. The first-order valence-electron chi connectivity index (χ1n) is 7.55. The summed E-state index contributed by atoms with van der Waals surface area (Å²) in [6.45, 7) is 1.65. The number of fused-ring (bicyclic) bond motifs is 1. The number of carbonyl (C=O) groups excluding carboxylic acids is 1. The van der Waals surface area contributed by atoms with Gasteiger partial charge in [0.1, 0.15) is 0 Å². The molecule has 9 heteroatoms. The number of hydrogen-bond donors (Lipinski definition) is 4. The minimum absolute atomic E-state index is 0.000931. The van der Waals surface area contributed by atoms with Crippen LogP contribution in [0.15, 0.2) is 29.3 Å². The fourth-order valence-electron chi connectivity index (χ4n) is 2.88. The predicted molar refractivity (Wildman–Crippen MR) is 89.1 cm³/mol. The van der Waals surface area contributed by atoms with E-state index in [1.165, 1.54) is 6.07 Å². The molecule has 1 aliphatic carbocycles. The molecule has 0 unspecified atom stereocenters. The predicted octanol–water partition coefficient (Wildman–Crippen LogP) is 1.04. The average molecular weight is 349 g/mol. The highest BCUT2D eigenvalue weighted by Crippen LogP contribution is 2.20. The van der Waals surface area contributed by atoms with E-state index < -0.39 is 10.0 Å². The fraction of sp³-hybridized carbons (Fsp3) is 0.333. The molecule has 0 bridgehead atoms. The third-order valence-electron chi connectivity index (χ3n) is 4.10. The minimum Gasteiger partial charge on any atom is -0.335 e. The highest BCUT2D eigenvalue weighted by molar-refractivity contribution is 7.89. The molecule has 1 atom stereocenters.